The average molecular weight is 311 g/mol. The number of carbonyl (C=O) groups excluding carboxylic acids is 2. The molecule has 5 nitrogen and oxygen atoms in total. The summed E-state index contributed by atoms with van der Waals surface area (Å²) >= 11 is 5.86. The van der Waals surface area contributed by atoms with Crippen LogP contribution in [0.4, 0.5) is 0 Å². The number of hydrogen-bond donors (Lipinski definition) is 1. The minimum Gasteiger partial charge on any atom is -0.550 e. The monoisotopic (exact) mass is 310 g/mol. The van der Waals surface area contributed by atoms with Crippen LogP contribution in [0.25, 0.3) is 0 Å². The summed E-state index contributed by atoms with van der Waals surface area (Å²) < 4.78 is 0. The Kier molecular flexibility index (Phi) is 5.59. The topological polar surface area (TPSA) is 64.9 Å². The van der Waals surface area contributed by atoms with Crippen LogP contribution in [0.1, 0.15) is 18.4 Å². The molecule has 1 fully saturated rings. The summed E-state index contributed by atoms with van der Waals surface area (Å²) in [6.07, 6.45) is -0.161. The van der Waals surface area contributed by atoms with Crippen LogP contribution in [0.3, 0.4) is 0 Å². The van der Waals surface area contributed by atoms with E-state index in [1.165, 1.54) is 10.5 Å². The lowest BCUT2D eigenvalue weighted by molar-refractivity contribution is -0.917. The number of aliphatic carboxylic acids is 1. The third kappa shape index (κ3) is 5.02. The second-order valence-electron chi connectivity index (χ2n) is 5.31. The molecule has 0 unspecified atom stereocenters. The summed E-state index contributed by atoms with van der Waals surface area (Å²) in [4.78, 5) is 25.3. The molecule has 1 aliphatic heterocycles. The first-order valence-electron chi connectivity index (χ1n) is 7.10. The summed E-state index contributed by atoms with van der Waals surface area (Å²) in [5.41, 5.74) is 1.23. The molecule has 0 saturated carbocycles. The molecule has 1 N–H and O–H groups in total. The zero-order valence-electron chi connectivity index (χ0n) is 11.8. The van der Waals surface area contributed by atoms with Gasteiger partial charge in [-0.3, -0.25) is 4.79 Å². The Morgan fingerprint density at radius 1 is 1.14 bits per heavy atom. The van der Waals surface area contributed by atoms with Gasteiger partial charge >= 0.3 is 0 Å². The van der Waals surface area contributed by atoms with Crippen LogP contribution < -0.4 is 10.0 Å². The molecule has 21 heavy (non-hydrogen) atoms. The lowest BCUT2D eigenvalue weighted by Crippen LogP contribution is -3.13. The van der Waals surface area contributed by atoms with Gasteiger partial charge in [0.2, 0.25) is 5.91 Å². The van der Waals surface area contributed by atoms with E-state index in [2.05, 4.69) is 0 Å². The molecule has 0 bridgehead atoms. The molecule has 1 aromatic rings. The SMILES string of the molecule is O=C([O-])CCC(=O)N1CC[NH+](Cc2ccc(Cl)cc2)CC1. The van der Waals surface area contributed by atoms with Crippen LogP contribution in [0.15, 0.2) is 24.3 Å². The van der Waals surface area contributed by atoms with E-state index in [9.17, 15) is 14.7 Å². The van der Waals surface area contributed by atoms with E-state index < -0.39 is 5.97 Å². The number of piperazine rings is 1. The second kappa shape index (κ2) is 7.43. The van der Waals surface area contributed by atoms with Crippen molar-refractivity contribution < 1.29 is 19.6 Å². The molecule has 0 radical (unpaired) electrons. The van der Waals surface area contributed by atoms with Gasteiger partial charge in [-0.25, -0.2) is 0 Å². The van der Waals surface area contributed by atoms with Crippen molar-refractivity contribution in [3.05, 3.63) is 34.9 Å². The smallest absolute Gasteiger partial charge is 0.223 e. The number of nitrogens with zero attached hydrogens (tertiary/aromatic N) is 1. The molecular formula is C15H19ClN2O3. The number of hydrogen-bond acceptors (Lipinski definition) is 3. The zero-order chi connectivity index (χ0) is 15.2. The molecule has 1 aliphatic rings. The van der Waals surface area contributed by atoms with Gasteiger partial charge in [0.1, 0.15) is 6.54 Å². The first-order valence-corrected chi connectivity index (χ1v) is 7.48. The first-order chi connectivity index (χ1) is 10.0. The van der Waals surface area contributed by atoms with Crippen molar-refractivity contribution in [3.63, 3.8) is 0 Å². The fourth-order valence-electron chi connectivity index (χ4n) is 2.51. The van der Waals surface area contributed by atoms with Crippen LogP contribution in [0, 0.1) is 0 Å². The number of nitrogens with one attached hydrogen (secondary N) is 1. The van der Waals surface area contributed by atoms with Crippen LogP contribution in [-0.4, -0.2) is 43.0 Å². The molecule has 1 heterocycles. The number of carboxylic acids is 1. The van der Waals surface area contributed by atoms with Crippen molar-refractivity contribution in [1.29, 1.82) is 0 Å². The van der Waals surface area contributed by atoms with Gasteiger partial charge in [-0.1, -0.05) is 23.7 Å². The van der Waals surface area contributed by atoms with Crippen molar-refractivity contribution in [2.45, 2.75) is 19.4 Å². The first kappa shape index (κ1) is 15.8. The van der Waals surface area contributed by atoms with Crippen LogP contribution in [0.5, 0.6) is 0 Å². The number of quaternary nitrogens is 1. The highest BCUT2D eigenvalue weighted by Gasteiger charge is 2.23. The Morgan fingerprint density at radius 3 is 2.33 bits per heavy atom. The van der Waals surface area contributed by atoms with E-state index in [1.54, 1.807) is 4.90 Å². The molecule has 1 amide bonds. The number of amides is 1. The van der Waals surface area contributed by atoms with Gasteiger partial charge in [-0.15, -0.1) is 0 Å². The molecule has 0 aliphatic carbocycles. The lowest BCUT2D eigenvalue weighted by atomic mass is 10.2. The number of halogens is 1. The van der Waals surface area contributed by atoms with Crippen molar-refractivity contribution in [1.82, 2.24) is 4.90 Å². The third-order valence-electron chi connectivity index (χ3n) is 3.73. The second-order valence-corrected chi connectivity index (χ2v) is 5.74. The minimum absolute atomic E-state index is 0.0366. The maximum absolute atomic E-state index is 11.8. The predicted octanol–water partition coefficient (Wildman–Crippen LogP) is -0.903. The Labute approximate surface area is 129 Å². The Bertz CT molecular complexity index is 496. The lowest BCUT2D eigenvalue weighted by Gasteiger charge is -2.32. The number of carbonyl (C=O) groups is 2. The molecule has 6 heteroatoms. The molecule has 0 aromatic heterocycles. The Morgan fingerprint density at radius 2 is 1.76 bits per heavy atom. The van der Waals surface area contributed by atoms with Gasteiger partial charge in [0.15, 0.2) is 0 Å². The number of benzene rings is 1. The standard InChI is InChI=1S/C15H19ClN2O3/c16-13-3-1-12(2-4-13)11-17-7-9-18(10-8-17)14(19)5-6-15(20)21/h1-4H,5-11H2,(H,20,21). The molecule has 1 aromatic carbocycles. The maximum atomic E-state index is 11.8. The van der Waals surface area contributed by atoms with Gasteiger partial charge in [0.05, 0.1) is 26.2 Å². The molecule has 2 rings (SSSR count). The molecule has 114 valence electrons. The quantitative estimate of drug-likeness (QED) is 0.766. The summed E-state index contributed by atoms with van der Waals surface area (Å²) in [5, 5.41) is 11.1. The normalized spacial score (nSPS) is 16.0. The van der Waals surface area contributed by atoms with Crippen molar-refractivity contribution in [3.8, 4) is 0 Å². The molecule has 0 atom stereocenters. The van der Waals surface area contributed by atoms with Gasteiger partial charge in [0, 0.05) is 23.0 Å². The van der Waals surface area contributed by atoms with Crippen molar-refractivity contribution in [2.75, 3.05) is 26.2 Å². The fourth-order valence-corrected chi connectivity index (χ4v) is 2.63. The summed E-state index contributed by atoms with van der Waals surface area (Å²) in [6.45, 7) is 4.02. The third-order valence-corrected chi connectivity index (χ3v) is 3.99. The van der Waals surface area contributed by atoms with Gasteiger partial charge in [0.25, 0.3) is 0 Å². The van der Waals surface area contributed by atoms with Crippen LogP contribution in [0.2, 0.25) is 5.02 Å². The van der Waals surface area contributed by atoms with E-state index in [4.69, 9.17) is 11.6 Å². The maximum Gasteiger partial charge on any atom is 0.223 e. The van der Waals surface area contributed by atoms with Crippen molar-refractivity contribution in [2.24, 2.45) is 0 Å². The zero-order valence-corrected chi connectivity index (χ0v) is 12.6. The van der Waals surface area contributed by atoms with Crippen molar-refractivity contribution >= 4 is 23.5 Å². The minimum atomic E-state index is -1.17. The van der Waals surface area contributed by atoms with E-state index in [0.717, 1.165) is 24.7 Å². The van der Waals surface area contributed by atoms with E-state index >= 15 is 0 Å². The summed E-state index contributed by atoms with van der Waals surface area (Å²) in [5.74, 6) is -1.26. The predicted molar refractivity (Wildman–Crippen MR) is 76.7 cm³/mol. The van der Waals surface area contributed by atoms with Gasteiger partial charge in [-0.05, 0) is 18.6 Å². The van der Waals surface area contributed by atoms with E-state index in [0.29, 0.717) is 13.1 Å². The van der Waals surface area contributed by atoms with Crippen LogP contribution >= 0.6 is 11.6 Å². The van der Waals surface area contributed by atoms with Crippen LogP contribution in [-0.2, 0) is 16.1 Å². The number of rotatable bonds is 5. The molecular weight excluding hydrogens is 292 g/mol. The van der Waals surface area contributed by atoms with Gasteiger partial charge < -0.3 is 19.7 Å². The van der Waals surface area contributed by atoms with E-state index in [1.807, 2.05) is 24.3 Å². The van der Waals surface area contributed by atoms with E-state index in [-0.39, 0.29) is 18.7 Å². The highest BCUT2D eigenvalue weighted by atomic mass is 35.5. The highest BCUT2D eigenvalue weighted by Crippen LogP contribution is 2.08. The Balaban J connectivity index is 1.76. The summed E-state index contributed by atoms with van der Waals surface area (Å²) in [6, 6.07) is 7.81. The number of carboxylic acid groups (broad SMARTS) is 1. The fraction of sp³-hybridized carbons (Fsp3) is 0.467. The largest absolute Gasteiger partial charge is 0.550 e. The average Bonchev–Trinajstić information content (AvgIpc) is 2.48. The van der Waals surface area contributed by atoms with Gasteiger partial charge in [-0.2, -0.15) is 0 Å². The Hall–Kier alpha value is -1.59. The summed E-state index contributed by atoms with van der Waals surface area (Å²) in [7, 11) is 0. The highest BCUT2D eigenvalue weighted by molar-refractivity contribution is 6.30. The molecule has 0 spiro atoms. The molecule has 1 saturated heterocycles.